The molecular formula is C12H24N2O. The van der Waals surface area contributed by atoms with Crippen LogP contribution in [0.25, 0.3) is 0 Å². The highest BCUT2D eigenvalue weighted by Gasteiger charge is 2.37. The van der Waals surface area contributed by atoms with E-state index in [-0.39, 0.29) is 0 Å². The van der Waals surface area contributed by atoms with Gasteiger partial charge in [0.2, 0.25) is 0 Å². The Bertz CT molecular complexity index is 192. The molecule has 0 bridgehead atoms. The zero-order chi connectivity index (χ0) is 10.7. The van der Waals surface area contributed by atoms with Gasteiger partial charge in [0.25, 0.3) is 0 Å². The fourth-order valence-electron chi connectivity index (χ4n) is 3.42. The molecule has 88 valence electrons. The summed E-state index contributed by atoms with van der Waals surface area (Å²) < 4.78 is 5.76. The third-order valence-corrected chi connectivity index (χ3v) is 4.22. The average molecular weight is 212 g/mol. The Morgan fingerprint density at radius 1 is 1.33 bits per heavy atom. The molecule has 2 aliphatic rings. The van der Waals surface area contributed by atoms with Crippen LogP contribution in [0.5, 0.6) is 0 Å². The highest BCUT2D eigenvalue weighted by Crippen LogP contribution is 2.36. The van der Waals surface area contributed by atoms with Gasteiger partial charge in [-0.3, -0.25) is 11.3 Å². The van der Waals surface area contributed by atoms with Crippen LogP contribution in [0.1, 0.15) is 45.4 Å². The number of nitrogens with one attached hydrogen (secondary N) is 1. The Labute approximate surface area is 92.7 Å². The van der Waals surface area contributed by atoms with Crippen molar-refractivity contribution in [1.82, 2.24) is 5.43 Å². The summed E-state index contributed by atoms with van der Waals surface area (Å²) in [7, 11) is 0. The standard InChI is InChI=1S/C12H24N2O/c1-2-11-10(7-8-15-11)12(14-13)9-5-3-4-6-9/h9-12,14H,2-8,13H2,1H3. The Morgan fingerprint density at radius 2 is 2.07 bits per heavy atom. The first-order valence-corrected chi connectivity index (χ1v) is 6.44. The molecule has 0 amide bonds. The van der Waals surface area contributed by atoms with Gasteiger partial charge in [0.05, 0.1) is 6.10 Å². The van der Waals surface area contributed by atoms with Crippen LogP contribution in [-0.4, -0.2) is 18.8 Å². The van der Waals surface area contributed by atoms with Crippen molar-refractivity contribution in [2.75, 3.05) is 6.61 Å². The summed E-state index contributed by atoms with van der Waals surface area (Å²) in [6.07, 6.45) is 8.20. The molecule has 2 rings (SSSR count). The number of rotatable bonds is 4. The Morgan fingerprint density at radius 3 is 2.67 bits per heavy atom. The van der Waals surface area contributed by atoms with Crippen LogP contribution in [0.4, 0.5) is 0 Å². The van der Waals surface area contributed by atoms with Crippen molar-refractivity contribution in [3.8, 4) is 0 Å². The summed E-state index contributed by atoms with van der Waals surface area (Å²) >= 11 is 0. The van der Waals surface area contributed by atoms with Gasteiger partial charge in [-0.2, -0.15) is 0 Å². The highest BCUT2D eigenvalue weighted by atomic mass is 16.5. The van der Waals surface area contributed by atoms with E-state index in [0.29, 0.717) is 18.1 Å². The molecule has 3 atom stereocenters. The van der Waals surface area contributed by atoms with Crippen LogP contribution >= 0.6 is 0 Å². The average Bonchev–Trinajstić information content (AvgIpc) is 2.89. The second kappa shape index (κ2) is 5.28. The molecule has 0 radical (unpaired) electrons. The number of ether oxygens (including phenoxy) is 1. The first kappa shape index (κ1) is 11.4. The van der Waals surface area contributed by atoms with Crippen molar-refractivity contribution in [3.05, 3.63) is 0 Å². The molecule has 15 heavy (non-hydrogen) atoms. The molecule has 0 aromatic carbocycles. The molecular weight excluding hydrogens is 188 g/mol. The fourth-order valence-corrected chi connectivity index (χ4v) is 3.42. The zero-order valence-electron chi connectivity index (χ0n) is 9.74. The van der Waals surface area contributed by atoms with Crippen molar-refractivity contribution in [2.24, 2.45) is 17.7 Å². The van der Waals surface area contributed by atoms with Crippen molar-refractivity contribution in [1.29, 1.82) is 0 Å². The molecule has 0 spiro atoms. The van der Waals surface area contributed by atoms with Gasteiger partial charge in [-0.15, -0.1) is 0 Å². The van der Waals surface area contributed by atoms with Crippen LogP contribution in [0.3, 0.4) is 0 Å². The van der Waals surface area contributed by atoms with E-state index in [0.717, 1.165) is 18.9 Å². The minimum Gasteiger partial charge on any atom is -0.378 e. The van der Waals surface area contributed by atoms with Gasteiger partial charge in [0.15, 0.2) is 0 Å². The molecule has 3 N–H and O–H groups in total. The van der Waals surface area contributed by atoms with Gasteiger partial charge in [-0.1, -0.05) is 19.8 Å². The van der Waals surface area contributed by atoms with Gasteiger partial charge in [-0.25, -0.2) is 0 Å². The topological polar surface area (TPSA) is 47.3 Å². The number of hydrazine groups is 1. The third kappa shape index (κ3) is 2.35. The zero-order valence-corrected chi connectivity index (χ0v) is 9.74. The summed E-state index contributed by atoms with van der Waals surface area (Å²) in [5.41, 5.74) is 3.07. The van der Waals surface area contributed by atoms with E-state index >= 15 is 0 Å². The molecule has 1 heterocycles. The van der Waals surface area contributed by atoms with Gasteiger partial charge >= 0.3 is 0 Å². The summed E-state index contributed by atoms with van der Waals surface area (Å²) in [5, 5.41) is 0. The largest absolute Gasteiger partial charge is 0.378 e. The summed E-state index contributed by atoms with van der Waals surface area (Å²) in [5.74, 6) is 7.17. The van der Waals surface area contributed by atoms with Crippen LogP contribution in [0, 0.1) is 11.8 Å². The maximum absolute atomic E-state index is 5.76. The Kier molecular flexibility index (Phi) is 4.00. The molecule has 0 aromatic rings. The second-order valence-corrected chi connectivity index (χ2v) is 5.01. The normalized spacial score (nSPS) is 34.8. The van der Waals surface area contributed by atoms with Gasteiger partial charge < -0.3 is 4.74 Å². The van der Waals surface area contributed by atoms with Crippen LogP contribution in [0.15, 0.2) is 0 Å². The van der Waals surface area contributed by atoms with E-state index in [2.05, 4.69) is 12.3 Å². The smallest absolute Gasteiger partial charge is 0.0617 e. The summed E-state index contributed by atoms with van der Waals surface area (Å²) in [4.78, 5) is 0. The highest BCUT2D eigenvalue weighted by molar-refractivity contribution is 4.90. The van der Waals surface area contributed by atoms with Gasteiger partial charge in [-0.05, 0) is 31.6 Å². The molecule has 1 saturated heterocycles. The summed E-state index contributed by atoms with van der Waals surface area (Å²) in [6.45, 7) is 3.14. The minimum absolute atomic E-state index is 0.437. The maximum atomic E-state index is 5.76. The van der Waals surface area contributed by atoms with Crippen LogP contribution in [0.2, 0.25) is 0 Å². The van der Waals surface area contributed by atoms with Crippen LogP contribution < -0.4 is 11.3 Å². The molecule has 1 aliphatic heterocycles. The number of nitrogens with two attached hydrogens (primary N) is 1. The first-order valence-electron chi connectivity index (χ1n) is 6.44. The third-order valence-electron chi connectivity index (χ3n) is 4.22. The molecule has 3 unspecified atom stereocenters. The Balaban J connectivity index is 1.98. The van der Waals surface area contributed by atoms with E-state index in [1.54, 1.807) is 0 Å². The maximum Gasteiger partial charge on any atom is 0.0617 e. The summed E-state index contributed by atoms with van der Waals surface area (Å²) in [6, 6.07) is 0.486. The fraction of sp³-hybridized carbons (Fsp3) is 1.00. The lowest BCUT2D eigenvalue weighted by Gasteiger charge is -2.31. The Hall–Kier alpha value is -0.120. The minimum atomic E-state index is 0.437. The van der Waals surface area contributed by atoms with E-state index in [1.165, 1.54) is 32.1 Å². The van der Waals surface area contributed by atoms with Crippen molar-refractivity contribution < 1.29 is 4.74 Å². The van der Waals surface area contributed by atoms with E-state index in [9.17, 15) is 0 Å². The molecule has 1 aliphatic carbocycles. The lowest BCUT2D eigenvalue weighted by Crippen LogP contribution is -2.47. The monoisotopic (exact) mass is 212 g/mol. The molecule has 3 nitrogen and oxygen atoms in total. The molecule has 2 fully saturated rings. The van der Waals surface area contributed by atoms with Crippen molar-refractivity contribution >= 4 is 0 Å². The molecule has 3 heteroatoms. The lowest BCUT2D eigenvalue weighted by molar-refractivity contribution is 0.0694. The van der Waals surface area contributed by atoms with E-state index in [4.69, 9.17) is 10.6 Å². The lowest BCUT2D eigenvalue weighted by atomic mass is 9.83. The van der Waals surface area contributed by atoms with Gasteiger partial charge in [0, 0.05) is 18.6 Å². The predicted octanol–water partition coefficient (Wildman–Crippen LogP) is 1.82. The SMILES string of the molecule is CCC1OCCC1C(NN)C1CCCC1. The van der Waals surface area contributed by atoms with Gasteiger partial charge in [0.1, 0.15) is 0 Å². The van der Waals surface area contributed by atoms with Crippen molar-refractivity contribution in [2.45, 2.75) is 57.6 Å². The second-order valence-electron chi connectivity index (χ2n) is 5.01. The number of hydrogen-bond acceptors (Lipinski definition) is 3. The number of hydrogen-bond donors (Lipinski definition) is 2. The van der Waals surface area contributed by atoms with E-state index < -0.39 is 0 Å². The van der Waals surface area contributed by atoms with E-state index in [1.807, 2.05) is 0 Å². The van der Waals surface area contributed by atoms with Crippen LogP contribution in [-0.2, 0) is 4.74 Å². The quantitative estimate of drug-likeness (QED) is 0.552. The predicted molar refractivity (Wildman–Crippen MR) is 61.2 cm³/mol. The molecule has 0 aromatic heterocycles. The molecule has 1 saturated carbocycles. The van der Waals surface area contributed by atoms with Crippen molar-refractivity contribution in [3.63, 3.8) is 0 Å². The first-order chi connectivity index (χ1) is 7.36.